The monoisotopic (exact) mass is 339 g/mol. The molecule has 0 unspecified atom stereocenters. The Morgan fingerprint density at radius 1 is 1.18 bits per heavy atom. The number of amides is 2. The number of carbonyl (C=O) groups excluding carboxylic acids is 2. The molecule has 1 N–H and O–H groups in total. The highest BCUT2D eigenvalue weighted by molar-refractivity contribution is 7.18. The molecule has 118 valence electrons. The first-order valence-corrected chi connectivity index (χ1v) is 8.31. The minimum absolute atomic E-state index is 0.0234. The van der Waals surface area contributed by atoms with Gasteiger partial charge in [0, 0.05) is 13.0 Å². The van der Waals surface area contributed by atoms with Crippen molar-refractivity contribution in [3.63, 3.8) is 0 Å². The molecule has 0 aliphatic carbocycles. The van der Waals surface area contributed by atoms with Crippen LogP contribution >= 0.6 is 22.7 Å². The first-order chi connectivity index (χ1) is 10.3. The van der Waals surface area contributed by atoms with Gasteiger partial charge >= 0.3 is 0 Å². The SMILES string of the molecule is CC(=O)N(c1nc(C)c(C(=O)Nc2nnc(C)s2)s1)C(C)C. The van der Waals surface area contributed by atoms with Crippen molar-refractivity contribution >= 4 is 44.8 Å². The zero-order chi connectivity index (χ0) is 16.4. The molecule has 2 aromatic heterocycles. The summed E-state index contributed by atoms with van der Waals surface area (Å²) in [6.07, 6.45) is 0. The summed E-state index contributed by atoms with van der Waals surface area (Å²) in [5.41, 5.74) is 0.589. The van der Waals surface area contributed by atoms with Crippen molar-refractivity contribution in [2.45, 2.75) is 40.7 Å². The zero-order valence-electron chi connectivity index (χ0n) is 13.0. The van der Waals surface area contributed by atoms with E-state index in [0.29, 0.717) is 20.8 Å². The highest BCUT2D eigenvalue weighted by Gasteiger charge is 2.23. The molecular formula is C13H17N5O2S2. The van der Waals surface area contributed by atoms with Gasteiger partial charge in [-0.2, -0.15) is 0 Å². The minimum Gasteiger partial charge on any atom is -0.296 e. The number of rotatable bonds is 4. The Morgan fingerprint density at radius 2 is 1.86 bits per heavy atom. The van der Waals surface area contributed by atoms with E-state index in [1.54, 1.807) is 11.8 Å². The number of aryl methyl sites for hydroxylation is 2. The fraction of sp³-hybridized carbons (Fsp3) is 0.462. The summed E-state index contributed by atoms with van der Waals surface area (Å²) in [7, 11) is 0. The molecule has 2 amide bonds. The maximum Gasteiger partial charge on any atom is 0.269 e. The van der Waals surface area contributed by atoms with Crippen molar-refractivity contribution < 1.29 is 9.59 Å². The summed E-state index contributed by atoms with van der Waals surface area (Å²) in [6, 6.07) is -0.0234. The molecule has 0 bridgehead atoms. The molecule has 7 nitrogen and oxygen atoms in total. The predicted octanol–water partition coefficient (Wildman–Crippen LogP) is 2.63. The van der Waals surface area contributed by atoms with E-state index < -0.39 is 0 Å². The van der Waals surface area contributed by atoms with Crippen LogP contribution in [-0.4, -0.2) is 33.0 Å². The van der Waals surface area contributed by atoms with Gasteiger partial charge in [0.1, 0.15) is 9.88 Å². The lowest BCUT2D eigenvalue weighted by atomic mass is 10.3. The fourth-order valence-electron chi connectivity index (χ4n) is 1.92. The van der Waals surface area contributed by atoms with Crippen molar-refractivity contribution in [3.05, 3.63) is 15.6 Å². The Balaban J connectivity index is 2.25. The quantitative estimate of drug-likeness (QED) is 0.925. The van der Waals surface area contributed by atoms with E-state index >= 15 is 0 Å². The van der Waals surface area contributed by atoms with E-state index in [-0.39, 0.29) is 17.9 Å². The van der Waals surface area contributed by atoms with E-state index in [2.05, 4.69) is 20.5 Å². The average molecular weight is 339 g/mol. The summed E-state index contributed by atoms with van der Waals surface area (Å²) in [5.74, 6) is -0.389. The summed E-state index contributed by atoms with van der Waals surface area (Å²) in [6.45, 7) is 8.86. The maximum absolute atomic E-state index is 12.3. The van der Waals surface area contributed by atoms with Crippen LogP contribution in [0.2, 0.25) is 0 Å². The molecule has 9 heteroatoms. The van der Waals surface area contributed by atoms with Crippen LogP contribution in [0, 0.1) is 13.8 Å². The van der Waals surface area contributed by atoms with Crippen molar-refractivity contribution in [1.82, 2.24) is 15.2 Å². The minimum atomic E-state index is -0.287. The average Bonchev–Trinajstić information content (AvgIpc) is 2.95. The van der Waals surface area contributed by atoms with Crippen LogP contribution in [0.4, 0.5) is 10.3 Å². The molecule has 0 aliphatic rings. The second-order valence-corrected chi connectivity index (χ2v) is 7.13. The lowest BCUT2D eigenvalue weighted by Crippen LogP contribution is -2.34. The molecule has 0 atom stereocenters. The Labute approximate surface area is 136 Å². The number of hydrogen-bond donors (Lipinski definition) is 1. The Bertz CT molecular complexity index is 707. The van der Waals surface area contributed by atoms with Gasteiger partial charge in [0.05, 0.1) is 5.69 Å². The summed E-state index contributed by atoms with van der Waals surface area (Å²) < 4.78 is 0. The van der Waals surface area contributed by atoms with Crippen LogP contribution in [0.3, 0.4) is 0 Å². The second-order valence-electron chi connectivity index (χ2n) is 4.97. The van der Waals surface area contributed by atoms with Crippen LogP contribution in [0.15, 0.2) is 0 Å². The Kier molecular flexibility index (Phi) is 4.87. The molecular weight excluding hydrogens is 322 g/mol. The van der Waals surface area contributed by atoms with Crippen LogP contribution < -0.4 is 10.2 Å². The standard InChI is InChI=1S/C13H17N5O2S2/c1-6(2)18(9(5)19)13-14-7(3)10(22-13)11(20)15-12-17-16-8(4)21-12/h6H,1-5H3,(H,15,17,20). The number of thiazole rings is 1. The third-order valence-electron chi connectivity index (χ3n) is 2.80. The molecule has 0 fully saturated rings. The Morgan fingerprint density at radius 3 is 2.36 bits per heavy atom. The predicted molar refractivity (Wildman–Crippen MR) is 87.7 cm³/mol. The van der Waals surface area contributed by atoms with Crippen molar-refractivity contribution in [2.24, 2.45) is 0 Å². The number of anilines is 2. The third kappa shape index (κ3) is 3.47. The van der Waals surface area contributed by atoms with E-state index in [4.69, 9.17) is 0 Å². The van der Waals surface area contributed by atoms with Gasteiger partial charge in [0.2, 0.25) is 11.0 Å². The molecule has 0 spiro atoms. The van der Waals surface area contributed by atoms with Crippen LogP contribution in [-0.2, 0) is 4.79 Å². The molecule has 2 heterocycles. The van der Waals surface area contributed by atoms with E-state index in [1.165, 1.54) is 29.6 Å². The number of aromatic nitrogens is 3. The smallest absolute Gasteiger partial charge is 0.269 e. The fourth-order valence-corrected chi connectivity index (χ4v) is 3.64. The number of carbonyl (C=O) groups is 2. The third-order valence-corrected chi connectivity index (χ3v) is 4.71. The lowest BCUT2D eigenvalue weighted by Gasteiger charge is -2.21. The lowest BCUT2D eigenvalue weighted by molar-refractivity contribution is -0.116. The first-order valence-electron chi connectivity index (χ1n) is 6.68. The largest absolute Gasteiger partial charge is 0.296 e. The molecule has 2 rings (SSSR count). The van der Waals surface area contributed by atoms with Gasteiger partial charge in [-0.1, -0.05) is 22.7 Å². The van der Waals surface area contributed by atoms with Gasteiger partial charge in [-0.3, -0.25) is 19.8 Å². The second kappa shape index (κ2) is 6.49. The van der Waals surface area contributed by atoms with Gasteiger partial charge in [-0.05, 0) is 27.7 Å². The number of nitrogens with zero attached hydrogens (tertiary/aromatic N) is 4. The summed E-state index contributed by atoms with van der Waals surface area (Å²) in [5, 5.41) is 12.2. The maximum atomic E-state index is 12.3. The zero-order valence-corrected chi connectivity index (χ0v) is 14.6. The van der Waals surface area contributed by atoms with Crippen LogP contribution in [0.5, 0.6) is 0 Å². The highest BCUT2D eigenvalue weighted by Crippen LogP contribution is 2.28. The first kappa shape index (κ1) is 16.5. The van der Waals surface area contributed by atoms with E-state index in [1.807, 2.05) is 20.8 Å². The van der Waals surface area contributed by atoms with Gasteiger partial charge in [0.15, 0.2) is 5.13 Å². The summed E-state index contributed by atoms with van der Waals surface area (Å²) >= 11 is 2.50. The molecule has 0 aromatic carbocycles. The van der Waals surface area contributed by atoms with Crippen LogP contribution in [0.1, 0.15) is 41.1 Å². The van der Waals surface area contributed by atoms with Gasteiger partial charge < -0.3 is 0 Å². The molecule has 0 aliphatic heterocycles. The van der Waals surface area contributed by atoms with Crippen molar-refractivity contribution in [3.8, 4) is 0 Å². The van der Waals surface area contributed by atoms with E-state index in [0.717, 1.165) is 5.01 Å². The molecule has 2 aromatic rings. The topological polar surface area (TPSA) is 88.1 Å². The normalized spacial score (nSPS) is 10.8. The highest BCUT2D eigenvalue weighted by atomic mass is 32.1. The van der Waals surface area contributed by atoms with Gasteiger partial charge in [-0.15, -0.1) is 10.2 Å². The van der Waals surface area contributed by atoms with Gasteiger partial charge in [0.25, 0.3) is 5.91 Å². The number of nitrogens with one attached hydrogen (secondary N) is 1. The molecule has 0 saturated heterocycles. The number of hydrogen-bond acceptors (Lipinski definition) is 7. The van der Waals surface area contributed by atoms with E-state index in [9.17, 15) is 9.59 Å². The van der Waals surface area contributed by atoms with Crippen molar-refractivity contribution in [1.29, 1.82) is 0 Å². The van der Waals surface area contributed by atoms with Gasteiger partial charge in [-0.25, -0.2) is 4.98 Å². The molecule has 0 saturated carbocycles. The van der Waals surface area contributed by atoms with Crippen molar-refractivity contribution in [2.75, 3.05) is 10.2 Å². The molecule has 0 radical (unpaired) electrons. The summed E-state index contributed by atoms with van der Waals surface area (Å²) in [4.78, 5) is 30.5. The Hall–Kier alpha value is -1.87. The van der Waals surface area contributed by atoms with Crippen LogP contribution in [0.25, 0.3) is 0 Å². The molecule has 22 heavy (non-hydrogen) atoms.